The molecular formula is C6H14FNO. The van der Waals surface area contributed by atoms with Crippen LogP contribution in [0.25, 0.3) is 0 Å². The first kappa shape index (κ1) is 8.85. The number of alkyl halides is 1. The Balaban J connectivity index is 3.43. The van der Waals surface area contributed by atoms with Gasteiger partial charge in [0.05, 0.1) is 13.3 Å². The van der Waals surface area contributed by atoms with Gasteiger partial charge in [0.1, 0.15) is 0 Å². The molecule has 0 heterocycles. The molecular weight excluding hydrogens is 121 g/mol. The minimum absolute atomic E-state index is 0.122. The van der Waals surface area contributed by atoms with Gasteiger partial charge >= 0.3 is 0 Å². The highest BCUT2D eigenvalue weighted by Crippen LogP contribution is 2.19. The molecule has 0 amide bonds. The van der Waals surface area contributed by atoms with E-state index in [1.165, 1.54) is 0 Å². The quantitative estimate of drug-likeness (QED) is 0.589. The monoisotopic (exact) mass is 135 g/mol. The summed E-state index contributed by atoms with van der Waals surface area (Å²) in [5, 5.41) is 0. The van der Waals surface area contributed by atoms with Crippen molar-refractivity contribution in [3.63, 3.8) is 0 Å². The molecule has 0 aliphatic rings. The van der Waals surface area contributed by atoms with Gasteiger partial charge in [0.2, 0.25) is 0 Å². The Morgan fingerprint density at radius 2 is 2.11 bits per heavy atom. The maximum absolute atomic E-state index is 11.7. The molecule has 0 bridgehead atoms. The van der Waals surface area contributed by atoms with E-state index in [1.807, 2.05) is 13.8 Å². The molecule has 0 fully saturated rings. The summed E-state index contributed by atoms with van der Waals surface area (Å²) in [6, 6.07) is 0. The minimum Gasteiger partial charge on any atom is -0.304 e. The zero-order chi connectivity index (χ0) is 7.33. The van der Waals surface area contributed by atoms with Crippen LogP contribution < -0.4 is 5.90 Å². The summed E-state index contributed by atoms with van der Waals surface area (Å²) < 4.78 is 11.7. The van der Waals surface area contributed by atoms with Crippen molar-refractivity contribution in [2.24, 2.45) is 11.3 Å². The summed E-state index contributed by atoms with van der Waals surface area (Å²) >= 11 is 0. The van der Waals surface area contributed by atoms with Crippen LogP contribution in [0.15, 0.2) is 0 Å². The second kappa shape index (κ2) is 3.80. The SMILES string of the molecule is CC(C)(CCF)CON. The summed E-state index contributed by atoms with van der Waals surface area (Å²) in [4.78, 5) is 4.39. The lowest BCUT2D eigenvalue weighted by molar-refractivity contribution is 0.0545. The van der Waals surface area contributed by atoms with E-state index in [4.69, 9.17) is 5.90 Å². The van der Waals surface area contributed by atoms with E-state index in [1.54, 1.807) is 0 Å². The predicted octanol–water partition coefficient (Wildman–Crippen LogP) is 1.26. The molecule has 3 heteroatoms. The minimum atomic E-state index is -0.309. The van der Waals surface area contributed by atoms with Crippen molar-refractivity contribution in [3.05, 3.63) is 0 Å². The maximum atomic E-state index is 11.7. The number of hydrogen-bond donors (Lipinski definition) is 1. The van der Waals surface area contributed by atoms with Crippen LogP contribution >= 0.6 is 0 Å². The number of halogens is 1. The summed E-state index contributed by atoms with van der Waals surface area (Å²) in [5.74, 6) is 4.82. The Labute approximate surface area is 55.1 Å². The number of rotatable bonds is 4. The summed E-state index contributed by atoms with van der Waals surface area (Å²) in [5.41, 5.74) is -0.122. The molecule has 0 rings (SSSR count). The van der Waals surface area contributed by atoms with Gasteiger partial charge in [0, 0.05) is 0 Å². The van der Waals surface area contributed by atoms with Gasteiger partial charge in [-0.25, -0.2) is 5.90 Å². The highest BCUT2D eigenvalue weighted by atomic mass is 19.1. The third kappa shape index (κ3) is 4.36. The van der Waals surface area contributed by atoms with Crippen molar-refractivity contribution in [3.8, 4) is 0 Å². The lowest BCUT2D eigenvalue weighted by Crippen LogP contribution is -2.22. The van der Waals surface area contributed by atoms with Gasteiger partial charge in [-0.2, -0.15) is 0 Å². The fourth-order valence-electron chi connectivity index (χ4n) is 0.554. The number of hydrogen-bond acceptors (Lipinski definition) is 2. The van der Waals surface area contributed by atoms with E-state index in [-0.39, 0.29) is 12.1 Å². The summed E-state index contributed by atoms with van der Waals surface area (Å²) in [6.45, 7) is 3.94. The van der Waals surface area contributed by atoms with Crippen LogP contribution in [-0.2, 0) is 4.84 Å². The van der Waals surface area contributed by atoms with E-state index in [0.717, 1.165) is 0 Å². The second-order valence-corrected chi connectivity index (χ2v) is 2.91. The highest BCUT2D eigenvalue weighted by molar-refractivity contribution is 4.65. The molecule has 0 saturated heterocycles. The van der Waals surface area contributed by atoms with Gasteiger partial charge < -0.3 is 4.84 Å². The highest BCUT2D eigenvalue weighted by Gasteiger charge is 2.16. The fourth-order valence-corrected chi connectivity index (χ4v) is 0.554. The molecule has 2 N–H and O–H groups in total. The first-order valence-corrected chi connectivity index (χ1v) is 3.00. The predicted molar refractivity (Wildman–Crippen MR) is 34.5 cm³/mol. The van der Waals surface area contributed by atoms with Crippen molar-refractivity contribution in [1.82, 2.24) is 0 Å². The average Bonchev–Trinajstić information content (AvgIpc) is 1.64. The Hall–Kier alpha value is -0.150. The Kier molecular flexibility index (Phi) is 3.73. The van der Waals surface area contributed by atoms with E-state index < -0.39 is 0 Å². The molecule has 0 atom stereocenters. The third-order valence-electron chi connectivity index (χ3n) is 1.25. The molecule has 0 unspecified atom stereocenters. The van der Waals surface area contributed by atoms with Gasteiger partial charge in [-0.1, -0.05) is 13.8 Å². The molecule has 0 radical (unpaired) electrons. The number of nitrogens with two attached hydrogens (primary N) is 1. The van der Waals surface area contributed by atoms with Crippen LogP contribution in [0.3, 0.4) is 0 Å². The van der Waals surface area contributed by atoms with Crippen LogP contribution in [0, 0.1) is 5.41 Å². The van der Waals surface area contributed by atoms with Crippen LogP contribution in [0.4, 0.5) is 4.39 Å². The molecule has 0 aliphatic heterocycles. The molecule has 56 valence electrons. The van der Waals surface area contributed by atoms with E-state index in [0.29, 0.717) is 13.0 Å². The van der Waals surface area contributed by atoms with Crippen molar-refractivity contribution in [2.45, 2.75) is 20.3 Å². The molecule has 0 aliphatic carbocycles. The lowest BCUT2D eigenvalue weighted by atomic mass is 9.91. The van der Waals surface area contributed by atoms with Gasteiger partial charge in [-0.3, -0.25) is 4.39 Å². The van der Waals surface area contributed by atoms with Crippen LogP contribution in [0.2, 0.25) is 0 Å². The van der Waals surface area contributed by atoms with Crippen LogP contribution in [0.1, 0.15) is 20.3 Å². The zero-order valence-corrected chi connectivity index (χ0v) is 5.98. The van der Waals surface area contributed by atoms with Gasteiger partial charge in [-0.05, 0) is 11.8 Å². The topological polar surface area (TPSA) is 35.2 Å². The van der Waals surface area contributed by atoms with E-state index in [9.17, 15) is 4.39 Å². The summed E-state index contributed by atoms with van der Waals surface area (Å²) in [6.07, 6.45) is 0.504. The van der Waals surface area contributed by atoms with Crippen molar-refractivity contribution >= 4 is 0 Å². The molecule has 2 nitrogen and oxygen atoms in total. The molecule has 0 spiro atoms. The van der Waals surface area contributed by atoms with E-state index >= 15 is 0 Å². The largest absolute Gasteiger partial charge is 0.304 e. The normalized spacial score (nSPS) is 12.0. The van der Waals surface area contributed by atoms with Crippen molar-refractivity contribution in [1.29, 1.82) is 0 Å². The lowest BCUT2D eigenvalue weighted by Gasteiger charge is -2.20. The maximum Gasteiger partial charge on any atom is 0.0900 e. The third-order valence-corrected chi connectivity index (χ3v) is 1.25. The molecule has 9 heavy (non-hydrogen) atoms. The molecule has 0 aromatic rings. The van der Waals surface area contributed by atoms with Gasteiger partial charge in [-0.15, -0.1) is 0 Å². The Morgan fingerprint density at radius 1 is 1.56 bits per heavy atom. The molecule has 0 saturated carbocycles. The smallest absolute Gasteiger partial charge is 0.0900 e. The van der Waals surface area contributed by atoms with Crippen LogP contribution in [0.5, 0.6) is 0 Å². The second-order valence-electron chi connectivity index (χ2n) is 2.91. The van der Waals surface area contributed by atoms with Gasteiger partial charge in [0.15, 0.2) is 0 Å². The zero-order valence-electron chi connectivity index (χ0n) is 5.98. The van der Waals surface area contributed by atoms with Gasteiger partial charge in [0.25, 0.3) is 0 Å². The first-order chi connectivity index (χ1) is 4.12. The van der Waals surface area contributed by atoms with E-state index in [2.05, 4.69) is 4.84 Å². The molecule has 0 aromatic heterocycles. The molecule has 0 aromatic carbocycles. The van der Waals surface area contributed by atoms with Crippen LogP contribution in [-0.4, -0.2) is 13.3 Å². The standard InChI is InChI=1S/C6H14FNO/c1-6(2,3-4-7)5-9-8/h3-5,8H2,1-2H3. The average molecular weight is 135 g/mol. The Bertz CT molecular complexity index is 67.5. The fraction of sp³-hybridized carbons (Fsp3) is 1.00. The first-order valence-electron chi connectivity index (χ1n) is 3.00. The van der Waals surface area contributed by atoms with Crippen molar-refractivity contribution < 1.29 is 9.23 Å². The Morgan fingerprint density at radius 3 is 2.44 bits per heavy atom. The van der Waals surface area contributed by atoms with Crippen molar-refractivity contribution in [2.75, 3.05) is 13.3 Å². The summed E-state index contributed by atoms with van der Waals surface area (Å²) in [7, 11) is 0.